The Morgan fingerprint density at radius 2 is 1.72 bits per heavy atom. The Morgan fingerprint density at radius 1 is 1.04 bits per heavy atom. The van der Waals surface area contributed by atoms with E-state index in [0.717, 1.165) is 5.56 Å². The van der Waals surface area contributed by atoms with Crippen LogP contribution in [0.4, 0.5) is 5.69 Å². The van der Waals surface area contributed by atoms with Crippen LogP contribution in [0.3, 0.4) is 0 Å². The quantitative estimate of drug-likeness (QED) is 0.797. The van der Waals surface area contributed by atoms with Crippen LogP contribution in [-0.2, 0) is 16.1 Å². The second-order valence-electron chi connectivity index (χ2n) is 5.10. The maximum atomic E-state index is 11.9. The zero-order valence-corrected chi connectivity index (χ0v) is 14.0. The average molecular weight is 358 g/mol. The van der Waals surface area contributed by atoms with E-state index < -0.39 is 0 Å². The standard InChI is InChI=1S/C18H16ClN3O3/c19-14-3-7-16(8-4-14)25-12-18(24)22-15-5-1-13(2-6-15)11-21-17(23)9-10-20/h1-8H,9,11-12H2,(H,21,23)(H,22,24). The molecule has 0 heterocycles. The zero-order chi connectivity index (χ0) is 18.1. The predicted molar refractivity (Wildman–Crippen MR) is 94.1 cm³/mol. The van der Waals surface area contributed by atoms with Crippen LogP contribution in [0.5, 0.6) is 5.75 Å². The number of nitrogens with zero attached hydrogens (tertiary/aromatic N) is 1. The summed E-state index contributed by atoms with van der Waals surface area (Å²) < 4.78 is 5.36. The van der Waals surface area contributed by atoms with Crippen LogP contribution in [-0.4, -0.2) is 18.4 Å². The molecule has 128 valence electrons. The van der Waals surface area contributed by atoms with Crippen molar-refractivity contribution < 1.29 is 14.3 Å². The summed E-state index contributed by atoms with van der Waals surface area (Å²) in [5.74, 6) is -0.0488. The second-order valence-corrected chi connectivity index (χ2v) is 5.54. The van der Waals surface area contributed by atoms with Gasteiger partial charge in [-0.15, -0.1) is 0 Å². The van der Waals surface area contributed by atoms with Gasteiger partial charge in [-0.2, -0.15) is 5.26 Å². The number of hydrogen-bond donors (Lipinski definition) is 2. The predicted octanol–water partition coefficient (Wildman–Crippen LogP) is 2.89. The number of benzene rings is 2. The summed E-state index contributed by atoms with van der Waals surface area (Å²) in [6, 6.07) is 15.5. The van der Waals surface area contributed by atoms with Gasteiger partial charge in [-0.1, -0.05) is 23.7 Å². The topological polar surface area (TPSA) is 91.2 Å². The first-order chi connectivity index (χ1) is 12.1. The van der Waals surface area contributed by atoms with Crippen molar-refractivity contribution in [1.82, 2.24) is 5.32 Å². The highest BCUT2D eigenvalue weighted by atomic mass is 35.5. The summed E-state index contributed by atoms with van der Waals surface area (Å²) in [6.07, 6.45) is -0.165. The van der Waals surface area contributed by atoms with Crippen molar-refractivity contribution in [3.8, 4) is 11.8 Å². The lowest BCUT2D eigenvalue weighted by atomic mass is 10.2. The number of anilines is 1. The molecule has 2 aromatic rings. The van der Waals surface area contributed by atoms with E-state index in [2.05, 4.69) is 10.6 Å². The van der Waals surface area contributed by atoms with E-state index in [1.54, 1.807) is 54.6 Å². The summed E-state index contributed by atoms with van der Waals surface area (Å²) in [6.45, 7) is 0.210. The third kappa shape index (κ3) is 6.53. The molecule has 2 aromatic carbocycles. The largest absolute Gasteiger partial charge is 0.484 e. The van der Waals surface area contributed by atoms with Gasteiger partial charge in [0.2, 0.25) is 5.91 Å². The molecule has 2 rings (SSSR count). The number of nitrogens with one attached hydrogen (secondary N) is 2. The van der Waals surface area contributed by atoms with Gasteiger partial charge in [0.05, 0.1) is 6.07 Å². The molecule has 0 saturated carbocycles. The molecule has 0 spiro atoms. The van der Waals surface area contributed by atoms with Crippen molar-refractivity contribution in [2.45, 2.75) is 13.0 Å². The van der Waals surface area contributed by atoms with Gasteiger partial charge in [0.25, 0.3) is 5.91 Å². The Bertz CT molecular complexity index is 768. The highest BCUT2D eigenvalue weighted by Crippen LogP contribution is 2.15. The molecule has 0 aliphatic carbocycles. The summed E-state index contributed by atoms with van der Waals surface area (Å²) in [7, 11) is 0. The molecule has 7 heteroatoms. The van der Waals surface area contributed by atoms with Crippen LogP contribution in [0.25, 0.3) is 0 Å². The number of halogens is 1. The van der Waals surface area contributed by atoms with Crippen LogP contribution in [0.1, 0.15) is 12.0 Å². The monoisotopic (exact) mass is 357 g/mol. The normalized spacial score (nSPS) is 9.76. The third-order valence-electron chi connectivity index (χ3n) is 3.15. The van der Waals surface area contributed by atoms with Gasteiger partial charge in [0.1, 0.15) is 12.2 Å². The lowest BCUT2D eigenvalue weighted by Gasteiger charge is -2.09. The van der Waals surface area contributed by atoms with Crippen molar-refractivity contribution in [2.24, 2.45) is 0 Å². The number of amides is 2. The lowest BCUT2D eigenvalue weighted by Crippen LogP contribution is -2.22. The highest BCUT2D eigenvalue weighted by Gasteiger charge is 2.05. The molecule has 6 nitrogen and oxygen atoms in total. The van der Waals surface area contributed by atoms with Crippen molar-refractivity contribution in [3.63, 3.8) is 0 Å². The fraction of sp³-hybridized carbons (Fsp3) is 0.167. The minimum absolute atomic E-state index is 0.117. The Morgan fingerprint density at radius 3 is 2.36 bits per heavy atom. The van der Waals surface area contributed by atoms with Gasteiger partial charge in [0, 0.05) is 17.3 Å². The maximum Gasteiger partial charge on any atom is 0.262 e. The number of ether oxygens (including phenoxy) is 1. The molecular weight excluding hydrogens is 342 g/mol. The molecule has 0 aromatic heterocycles. The number of carbonyl (C=O) groups excluding carboxylic acids is 2. The Hall–Kier alpha value is -3.04. The lowest BCUT2D eigenvalue weighted by molar-refractivity contribution is -0.120. The van der Waals surface area contributed by atoms with E-state index in [-0.39, 0.29) is 24.8 Å². The summed E-state index contributed by atoms with van der Waals surface area (Å²) in [4.78, 5) is 23.1. The van der Waals surface area contributed by atoms with E-state index in [1.165, 1.54) is 0 Å². The molecule has 2 amide bonds. The van der Waals surface area contributed by atoms with Gasteiger partial charge in [-0.05, 0) is 42.0 Å². The molecule has 25 heavy (non-hydrogen) atoms. The van der Waals surface area contributed by atoms with Crippen LogP contribution >= 0.6 is 11.6 Å². The van der Waals surface area contributed by atoms with Gasteiger partial charge in [-0.3, -0.25) is 9.59 Å². The first-order valence-corrected chi connectivity index (χ1v) is 7.85. The molecule has 0 bridgehead atoms. The molecular formula is C18H16ClN3O3. The zero-order valence-electron chi connectivity index (χ0n) is 13.3. The van der Waals surface area contributed by atoms with Crippen LogP contribution in [0.15, 0.2) is 48.5 Å². The molecule has 0 radical (unpaired) electrons. The fourth-order valence-corrected chi connectivity index (χ4v) is 2.04. The van der Waals surface area contributed by atoms with Crippen molar-refractivity contribution in [1.29, 1.82) is 5.26 Å². The number of carbonyl (C=O) groups is 2. The van der Waals surface area contributed by atoms with Crippen LogP contribution in [0, 0.1) is 11.3 Å². The Kier molecular flexibility index (Phi) is 6.81. The first kappa shape index (κ1) is 18.3. The van der Waals surface area contributed by atoms with Crippen molar-refractivity contribution >= 4 is 29.1 Å². The molecule has 0 saturated heterocycles. The highest BCUT2D eigenvalue weighted by molar-refractivity contribution is 6.30. The van der Waals surface area contributed by atoms with Gasteiger partial charge in [-0.25, -0.2) is 0 Å². The van der Waals surface area contributed by atoms with Crippen molar-refractivity contribution in [3.05, 3.63) is 59.1 Å². The van der Waals surface area contributed by atoms with E-state index in [4.69, 9.17) is 21.6 Å². The third-order valence-corrected chi connectivity index (χ3v) is 3.40. The van der Waals surface area contributed by atoms with Gasteiger partial charge < -0.3 is 15.4 Å². The summed E-state index contributed by atoms with van der Waals surface area (Å²) in [5, 5.41) is 14.4. The molecule has 0 atom stereocenters. The van der Waals surface area contributed by atoms with Crippen molar-refractivity contribution in [2.75, 3.05) is 11.9 Å². The Labute approximate surface area is 150 Å². The molecule has 0 aliphatic heterocycles. The fourth-order valence-electron chi connectivity index (χ4n) is 1.92. The van der Waals surface area contributed by atoms with E-state index in [9.17, 15) is 9.59 Å². The molecule has 0 fully saturated rings. The summed E-state index contributed by atoms with van der Waals surface area (Å²) >= 11 is 5.78. The molecule has 0 unspecified atom stereocenters. The maximum absolute atomic E-state index is 11.9. The van der Waals surface area contributed by atoms with Crippen LogP contribution < -0.4 is 15.4 Å². The SMILES string of the molecule is N#CCC(=O)NCc1ccc(NC(=O)COc2ccc(Cl)cc2)cc1. The summed E-state index contributed by atoms with van der Waals surface area (Å²) in [5.41, 5.74) is 1.48. The van der Waals surface area contributed by atoms with E-state index in [0.29, 0.717) is 23.0 Å². The smallest absolute Gasteiger partial charge is 0.262 e. The number of hydrogen-bond acceptors (Lipinski definition) is 4. The molecule has 2 N–H and O–H groups in total. The van der Waals surface area contributed by atoms with E-state index in [1.807, 2.05) is 0 Å². The minimum Gasteiger partial charge on any atom is -0.484 e. The van der Waals surface area contributed by atoms with E-state index >= 15 is 0 Å². The van der Waals surface area contributed by atoms with Gasteiger partial charge >= 0.3 is 0 Å². The van der Waals surface area contributed by atoms with Gasteiger partial charge in [0.15, 0.2) is 6.61 Å². The number of nitriles is 1. The Balaban J connectivity index is 1.78. The average Bonchev–Trinajstić information content (AvgIpc) is 2.61. The second kappa shape index (κ2) is 9.30. The first-order valence-electron chi connectivity index (χ1n) is 7.47. The molecule has 0 aliphatic rings. The number of rotatable bonds is 7. The van der Waals surface area contributed by atoms with Crippen LogP contribution in [0.2, 0.25) is 5.02 Å². The minimum atomic E-state index is -0.320.